The van der Waals surface area contributed by atoms with Crippen LogP contribution in [0.1, 0.15) is 44.5 Å². The second kappa shape index (κ2) is 31.9. The molecule has 560 valence electrons. The Morgan fingerprint density at radius 1 is 0.125 bits per heavy atom. The van der Waals surface area contributed by atoms with Crippen molar-refractivity contribution in [1.82, 2.24) is 0 Å². The van der Waals surface area contributed by atoms with Gasteiger partial charge in [0.2, 0.25) is 0 Å². The number of rotatable bonds is 14. The maximum absolute atomic E-state index is 2.39. The van der Waals surface area contributed by atoms with E-state index in [1.807, 2.05) is 0 Å². The van der Waals surface area contributed by atoms with Crippen molar-refractivity contribution in [2.75, 3.05) is 0 Å². The molecule has 22 rings (SSSR count). The lowest BCUT2D eigenvalue weighted by Gasteiger charge is -2.22. The zero-order valence-electron chi connectivity index (χ0n) is 66.2. The quantitative estimate of drug-likeness (QED) is 0.0752. The first-order chi connectivity index (χ1) is 59.5. The molecule has 22 aromatic carbocycles. The first-order valence-electron chi connectivity index (χ1n) is 41.5. The van der Waals surface area contributed by atoms with Gasteiger partial charge in [-0.05, 0) is 255 Å². The zero-order chi connectivity index (χ0) is 79.7. The molecular formula is C120H80. The summed E-state index contributed by atoms with van der Waals surface area (Å²) in [4.78, 5) is 0. The summed E-state index contributed by atoms with van der Waals surface area (Å²) < 4.78 is 0. The van der Waals surface area contributed by atoms with E-state index in [2.05, 4.69) is 485 Å². The van der Waals surface area contributed by atoms with E-state index in [4.69, 9.17) is 0 Å². The zero-order valence-corrected chi connectivity index (χ0v) is 66.2. The van der Waals surface area contributed by atoms with Crippen molar-refractivity contribution in [2.24, 2.45) is 0 Å². The number of fused-ring (bicyclic) bond motifs is 10. The average molecular weight is 1520 g/mol. The molecule has 0 aromatic heterocycles. The average Bonchev–Trinajstić information content (AvgIpc) is 0.719. The van der Waals surface area contributed by atoms with Gasteiger partial charge < -0.3 is 0 Å². The molecule has 0 saturated heterocycles. The van der Waals surface area contributed by atoms with E-state index < -0.39 is 0 Å². The fraction of sp³-hybridized carbons (Fsp3) is 0. The van der Waals surface area contributed by atoms with Gasteiger partial charge in [0, 0.05) is 0 Å². The highest BCUT2D eigenvalue weighted by Crippen LogP contribution is 2.52. The molecular weight excluding hydrogens is 1440 g/mol. The fourth-order valence-electron chi connectivity index (χ4n) is 18.3. The molecule has 0 fully saturated rings. The van der Waals surface area contributed by atoms with E-state index >= 15 is 0 Å². The van der Waals surface area contributed by atoms with Gasteiger partial charge in [0.1, 0.15) is 0 Å². The van der Waals surface area contributed by atoms with E-state index in [-0.39, 0.29) is 0 Å². The predicted molar refractivity (Wildman–Crippen MR) is 522 cm³/mol. The highest BCUT2D eigenvalue weighted by atomic mass is 14.3. The molecule has 0 N–H and O–H groups in total. The minimum absolute atomic E-state index is 1.19. The molecule has 0 aliphatic heterocycles. The Bertz CT molecular complexity index is 7850. The first kappa shape index (κ1) is 72.1. The number of benzene rings is 22. The molecule has 0 saturated carbocycles. The van der Waals surface area contributed by atoms with E-state index in [1.165, 1.54) is 219 Å². The molecule has 0 amide bonds. The van der Waals surface area contributed by atoms with Gasteiger partial charge in [-0.25, -0.2) is 0 Å². The molecule has 0 unspecified atom stereocenters. The van der Waals surface area contributed by atoms with E-state index in [1.54, 1.807) is 0 Å². The summed E-state index contributed by atoms with van der Waals surface area (Å²) >= 11 is 0. The highest BCUT2D eigenvalue weighted by Gasteiger charge is 2.25. The van der Waals surface area contributed by atoms with Gasteiger partial charge in [-0.2, -0.15) is 0 Å². The lowest BCUT2D eigenvalue weighted by Crippen LogP contribution is -1.95. The van der Waals surface area contributed by atoms with Crippen LogP contribution in [0.25, 0.3) is 223 Å². The van der Waals surface area contributed by atoms with Gasteiger partial charge >= 0.3 is 0 Å². The second-order valence-corrected chi connectivity index (χ2v) is 31.3. The van der Waals surface area contributed by atoms with Crippen molar-refractivity contribution in [2.45, 2.75) is 0 Å². The molecule has 0 aliphatic rings. The van der Waals surface area contributed by atoms with Crippen LogP contribution in [0, 0.1) is 0 Å². The molecule has 0 nitrogen and oxygen atoms in total. The summed E-state index contributed by atoms with van der Waals surface area (Å²) in [6.45, 7) is 0. The van der Waals surface area contributed by atoms with Crippen LogP contribution in [-0.4, -0.2) is 0 Å². The van der Waals surface area contributed by atoms with Crippen LogP contribution in [0.15, 0.2) is 437 Å². The third-order valence-corrected chi connectivity index (χ3v) is 24.0. The van der Waals surface area contributed by atoms with Crippen LogP contribution in [-0.2, 0) is 0 Å². The third-order valence-electron chi connectivity index (χ3n) is 24.0. The molecule has 0 heterocycles. The van der Waals surface area contributed by atoms with Gasteiger partial charge in [0.25, 0.3) is 0 Å². The van der Waals surface area contributed by atoms with Gasteiger partial charge in [-0.1, -0.05) is 449 Å². The molecule has 0 spiro atoms. The summed E-state index contributed by atoms with van der Waals surface area (Å²) in [5.74, 6) is 0. The highest BCUT2D eigenvalue weighted by molar-refractivity contribution is 6.29. The van der Waals surface area contributed by atoms with Crippen molar-refractivity contribution in [3.8, 4) is 66.8 Å². The number of hydrogen-bond donors (Lipinski definition) is 0. The van der Waals surface area contributed by atoms with Crippen LogP contribution in [0.5, 0.6) is 0 Å². The molecule has 0 heteroatoms. The minimum atomic E-state index is 1.19. The predicted octanol–water partition coefficient (Wildman–Crippen LogP) is 33.6. The Balaban J connectivity index is 0.000000148. The third kappa shape index (κ3) is 14.0. The van der Waals surface area contributed by atoms with Crippen molar-refractivity contribution < 1.29 is 0 Å². The summed E-state index contributed by atoms with van der Waals surface area (Å²) in [7, 11) is 0. The summed E-state index contributed by atoms with van der Waals surface area (Å²) in [5.41, 5.74) is 24.4. The Morgan fingerprint density at radius 3 is 0.867 bits per heavy atom. The Morgan fingerprint density at radius 2 is 0.400 bits per heavy atom. The van der Waals surface area contributed by atoms with Crippen LogP contribution in [0.4, 0.5) is 0 Å². The first-order valence-corrected chi connectivity index (χ1v) is 41.5. The van der Waals surface area contributed by atoms with E-state index in [9.17, 15) is 0 Å². The van der Waals surface area contributed by atoms with Crippen molar-refractivity contribution >= 4 is 156 Å². The molecule has 0 atom stereocenters. The molecule has 0 radical (unpaired) electrons. The van der Waals surface area contributed by atoms with Crippen LogP contribution in [0.3, 0.4) is 0 Å². The molecule has 0 aliphatic carbocycles. The summed E-state index contributed by atoms with van der Waals surface area (Å²) in [6.07, 6.45) is 17.7. The summed E-state index contributed by atoms with van der Waals surface area (Å²) in [5, 5.41) is 24.8. The standard InChI is InChI=1S/2C60H40/c1-3-16-41(17-4-1)34-36-44-22-11-29-51-48(44)26-13-31-53(51)58-55-24-9-10-25-56(55)60(59-50(28-15-33-57(58)59)47-39-38-43-20-7-8-21-46(43)40-47)54-32-14-27-49-45(23-12-30-52(49)54)37-35-42-18-5-2-6-19-42;1-3-12-41(13-4-1)22-24-43-26-28-49-39-52(34-31-47(49)36-43)58-55-18-9-10-19-56(55)59(60-54(20-11-21-57(58)60)51-33-30-45-16-7-8-17-46(45)38-51)53-35-32-48-37-44(27-29-50(48)40-53)25-23-42-14-5-2-6-15-42/h2*1-40H/b36-34+,37-35+;24-22+,25-23+. The Kier molecular flexibility index (Phi) is 19.2. The molecule has 22 aromatic rings. The van der Waals surface area contributed by atoms with Gasteiger partial charge in [-0.15, -0.1) is 0 Å². The smallest absolute Gasteiger partial charge is 0.00139 e. The summed E-state index contributed by atoms with van der Waals surface area (Å²) in [6, 6.07) is 160. The lowest BCUT2D eigenvalue weighted by atomic mass is 9.81. The van der Waals surface area contributed by atoms with Crippen molar-refractivity contribution in [3.05, 3.63) is 481 Å². The van der Waals surface area contributed by atoms with E-state index in [0.29, 0.717) is 0 Å². The van der Waals surface area contributed by atoms with E-state index in [0.717, 1.165) is 0 Å². The topological polar surface area (TPSA) is 0 Å². The number of hydrogen-bond acceptors (Lipinski definition) is 0. The monoisotopic (exact) mass is 1520 g/mol. The Hall–Kier alpha value is -15.6. The van der Waals surface area contributed by atoms with Crippen molar-refractivity contribution in [3.63, 3.8) is 0 Å². The molecule has 120 heavy (non-hydrogen) atoms. The Labute approximate surface area is 699 Å². The minimum Gasteiger partial charge on any atom is -0.0622 e. The largest absolute Gasteiger partial charge is 0.0622 e. The van der Waals surface area contributed by atoms with Crippen molar-refractivity contribution in [1.29, 1.82) is 0 Å². The fourth-order valence-corrected chi connectivity index (χ4v) is 18.3. The van der Waals surface area contributed by atoms with Gasteiger partial charge in [-0.3, -0.25) is 0 Å². The molecule has 0 bridgehead atoms. The van der Waals surface area contributed by atoms with Crippen LogP contribution < -0.4 is 0 Å². The van der Waals surface area contributed by atoms with Gasteiger partial charge in [0.05, 0.1) is 0 Å². The normalized spacial score (nSPS) is 11.9. The maximum Gasteiger partial charge on any atom is -0.00139 e. The van der Waals surface area contributed by atoms with Crippen LogP contribution >= 0.6 is 0 Å². The maximum atomic E-state index is 2.39. The SMILES string of the molecule is C(=C\c1ccc2cc(-c3c4ccccc4c(-c4ccc5cc(/C=C/c6ccccc6)ccc5c4)c4c(-c5ccc6ccccc6c5)cccc34)ccc2c1)/c1ccccc1.C(=C\c1cccc2c(-c3c4ccccc4c(-c4cccc5c(/C=C/c6ccccc6)cccc45)c4c(-c5ccc6ccccc6c5)cccc34)cccc12)/c1ccccc1. The second-order valence-electron chi connectivity index (χ2n) is 31.3. The lowest BCUT2D eigenvalue weighted by molar-refractivity contribution is 1.65. The van der Waals surface area contributed by atoms with Crippen LogP contribution in [0.2, 0.25) is 0 Å². The van der Waals surface area contributed by atoms with Gasteiger partial charge in [0.15, 0.2) is 0 Å².